The number of rotatable bonds is 6. The van der Waals surface area contributed by atoms with Gasteiger partial charge >= 0.3 is 0 Å². The minimum atomic E-state index is -0.825. The molecule has 0 saturated carbocycles. The summed E-state index contributed by atoms with van der Waals surface area (Å²) in [5.41, 5.74) is 6.28. The zero-order valence-electron chi connectivity index (χ0n) is 19.1. The number of hydrazine groups is 1. The standard InChI is InChI=1S/C24H27N5O4S/c1-15-21(34-24(26-15)29-10-12-33-13-11-29)23(32)28-27-22(31)16(2)25-20(30)14-18-8-5-7-17-6-3-4-9-19(17)18/h3-9,16H,10-14H2,1-2H3,(H,25,30)(H,27,31)(H,28,32)/t16-/m1/s1. The second-order valence-corrected chi connectivity index (χ2v) is 9.04. The maximum absolute atomic E-state index is 12.6. The van der Waals surface area contributed by atoms with E-state index in [1.165, 1.54) is 11.3 Å². The third-order valence-electron chi connectivity index (χ3n) is 5.57. The van der Waals surface area contributed by atoms with Crippen molar-refractivity contribution >= 4 is 45.0 Å². The van der Waals surface area contributed by atoms with Crippen molar-refractivity contribution in [3.8, 4) is 0 Å². The van der Waals surface area contributed by atoms with E-state index in [2.05, 4.69) is 26.1 Å². The fourth-order valence-corrected chi connectivity index (χ4v) is 4.76. The zero-order chi connectivity index (χ0) is 24.1. The highest BCUT2D eigenvalue weighted by Crippen LogP contribution is 2.26. The van der Waals surface area contributed by atoms with E-state index in [1.807, 2.05) is 42.5 Å². The lowest BCUT2D eigenvalue weighted by atomic mass is 10.0. The molecule has 34 heavy (non-hydrogen) atoms. The number of fused-ring (bicyclic) bond motifs is 1. The number of nitrogens with one attached hydrogen (secondary N) is 3. The van der Waals surface area contributed by atoms with Crippen LogP contribution in [0.4, 0.5) is 5.13 Å². The number of aryl methyl sites for hydroxylation is 1. The predicted molar refractivity (Wildman–Crippen MR) is 131 cm³/mol. The summed E-state index contributed by atoms with van der Waals surface area (Å²) in [6.45, 7) is 6.02. The number of hydrogen-bond donors (Lipinski definition) is 3. The van der Waals surface area contributed by atoms with Crippen LogP contribution in [0.1, 0.15) is 27.9 Å². The molecule has 9 nitrogen and oxygen atoms in total. The van der Waals surface area contributed by atoms with Crippen LogP contribution in [0, 0.1) is 6.92 Å². The quantitative estimate of drug-likeness (QED) is 0.464. The molecule has 10 heteroatoms. The first-order valence-electron chi connectivity index (χ1n) is 11.1. The predicted octanol–water partition coefficient (Wildman–Crippen LogP) is 1.95. The van der Waals surface area contributed by atoms with E-state index >= 15 is 0 Å². The van der Waals surface area contributed by atoms with Crippen molar-refractivity contribution in [1.82, 2.24) is 21.2 Å². The third-order valence-corrected chi connectivity index (χ3v) is 6.79. The maximum atomic E-state index is 12.6. The number of hydrogen-bond acceptors (Lipinski definition) is 7. The Morgan fingerprint density at radius 2 is 1.82 bits per heavy atom. The molecule has 0 aliphatic carbocycles. The molecule has 1 saturated heterocycles. The van der Waals surface area contributed by atoms with Gasteiger partial charge in [-0.15, -0.1) is 0 Å². The first kappa shape index (κ1) is 23.7. The fourth-order valence-electron chi connectivity index (χ4n) is 3.74. The Morgan fingerprint density at radius 3 is 2.62 bits per heavy atom. The van der Waals surface area contributed by atoms with Crippen molar-refractivity contribution < 1.29 is 19.1 Å². The van der Waals surface area contributed by atoms with Crippen LogP contribution in [0.2, 0.25) is 0 Å². The fraction of sp³-hybridized carbons (Fsp3) is 0.333. The lowest BCUT2D eigenvalue weighted by molar-refractivity contribution is -0.128. The lowest BCUT2D eigenvalue weighted by Crippen LogP contribution is -2.51. The molecule has 1 fully saturated rings. The summed E-state index contributed by atoms with van der Waals surface area (Å²) in [4.78, 5) is 44.5. The minimum absolute atomic E-state index is 0.149. The van der Waals surface area contributed by atoms with Gasteiger partial charge in [-0.3, -0.25) is 25.2 Å². The Hall–Kier alpha value is -3.50. The molecular formula is C24H27N5O4S. The highest BCUT2D eigenvalue weighted by atomic mass is 32.1. The molecule has 178 valence electrons. The lowest BCUT2D eigenvalue weighted by Gasteiger charge is -2.25. The first-order valence-corrected chi connectivity index (χ1v) is 11.9. The van der Waals surface area contributed by atoms with Gasteiger partial charge in [0.2, 0.25) is 5.91 Å². The Kier molecular flexibility index (Phi) is 7.39. The molecule has 1 aliphatic rings. The van der Waals surface area contributed by atoms with Crippen LogP contribution in [-0.4, -0.2) is 55.1 Å². The molecule has 4 rings (SSSR count). The Labute approximate surface area is 201 Å². The van der Waals surface area contributed by atoms with Gasteiger partial charge in [0.05, 0.1) is 25.3 Å². The number of morpholine rings is 1. The smallest absolute Gasteiger partial charge is 0.281 e. The molecule has 1 atom stereocenters. The largest absolute Gasteiger partial charge is 0.378 e. The average molecular weight is 482 g/mol. The van der Waals surface area contributed by atoms with Crippen LogP contribution in [-0.2, 0) is 20.7 Å². The second-order valence-electron chi connectivity index (χ2n) is 8.06. The molecule has 3 aromatic rings. The molecule has 0 unspecified atom stereocenters. The Bertz CT molecular complexity index is 1200. The van der Waals surface area contributed by atoms with Gasteiger partial charge < -0.3 is 15.0 Å². The second kappa shape index (κ2) is 10.6. The molecule has 2 heterocycles. The molecule has 0 radical (unpaired) electrons. The first-order chi connectivity index (χ1) is 16.4. The van der Waals surface area contributed by atoms with Gasteiger partial charge in [-0.25, -0.2) is 4.98 Å². The van der Waals surface area contributed by atoms with Crippen molar-refractivity contribution in [2.45, 2.75) is 26.3 Å². The van der Waals surface area contributed by atoms with E-state index in [1.54, 1.807) is 13.8 Å². The maximum Gasteiger partial charge on any atom is 0.281 e. The number of anilines is 1. The van der Waals surface area contributed by atoms with Crippen molar-refractivity contribution in [3.05, 3.63) is 58.6 Å². The van der Waals surface area contributed by atoms with Gasteiger partial charge in [-0.05, 0) is 30.2 Å². The number of aromatic nitrogens is 1. The van der Waals surface area contributed by atoms with Crippen LogP contribution in [0.5, 0.6) is 0 Å². The molecule has 2 aromatic carbocycles. The highest BCUT2D eigenvalue weighted by molar-refractivity contribution is 7.17. The number of ether oxygens (including phenoxy) is 1. The molecule has 3 N–H and O–H groups in total. The van der Waals surface area contributed by atoms with Crippen molar-refractivity contribution in [3.63, 3.8) is 0 Å². The van der Waals surface area contributed by atoms with Gasteiger partial charge in [0.1, 0.15) is 10.9 Å². The monoisotopic (exact) mass is 481 g/mol. The molecule has 3 amide bonds. The number of nitrogens with zero attached hydrogens (tertiary/aromatic N) is 2. The van der Waals surface area contributed by atoms with Gasteiger partial charge in [0.25, 0.3) is 11.8 Å². The van der Waals surface area contributed by atoms with Crippen molar-refractivity contribution in [2.24, 2.45) is 0 Å². The topological polar surface area (TPSA) is 113 Å². The molecule has 1 aliphatic heterocycles. The van der Waals surface area contributed by atoms with Crippen molar-refractivity contribution in [1.29, 1.82) is 0 Å². The summed E-state index contributed by atoms with van der Waals surface area (Å²) in [6.07, 6.45) is 0.149. The summed E-state index contributed by atoms with van der Waals surface area (Å²) < 4.78 is 5.35. The Morgan fingerprint density at radius 1 is 1.09 bits per heavy atom. The van der Waals surface area contributed by atoms with E-state index in [4.69, 9.17) is 4.74 Å². The van der Waals surface area contributed by atoms with E-state index < -0.39 is 17.9 Å². The molecule has 0 bridgehead atoms. The molecule has 0 spiro atoms. The number of thiazole rings is 1. The van der Waals surface area contributed by atoms with E-state index in [-0.39, 0.29) is 12.3 Å². The number of carbonyl (C=O) groups excluding carboxylic acids is 3. The summed E-state index contributed by atoms with van der Waals surface area (Å²) in [5, 5.41) is 5.49. The number of benzene rings is 2. The zero-order valence-corrected chi connectivity index (χ0v) is 19.9. The average Bonchev–Trinajstić information content (AvgIpc) is 3.24. The van der Waals surface area contributed by atoms with Crippen molar-refractivity contribution in [2.75, 3.05) is 31.2 Å². The normalized spacial score (nSPS) is 14.5. The highest BCUT2D eigenvalue weighted by Gasteiger charge is 2.22. The van der Waals surface area contributed by atoms with Crippen LogP contribution in [0.3, 0.4) is 0 Å². The Balaban J connectivity index is 1.29. The van der Waals surface area contributed by atoms with Gasteiger partial charge in [-0.1, -0.05) is 53.8 Å². The third kappa shape index (κ3) is 5.52. The summed E-state index contributed by atoms with van der Waals surface area (Å²) in [6, 6.07) is 12.8. The SMILES string of the molecule is Cc1nc(N2CCOCC2)sc1C(=O)NNC(=O)[C@@H](C)NC(=O)Cc1cccc2ccccc12. The molecular weight excluding hydrogens is 454 g/mol. The summed E-state index contributed by atoms with van der Waals surface area (Å²) in [7, 11) is 0. The van der Waals surface area contributed by atoms with Crippen LogP contribution in [0.25, 0.3) is 10.8 Å². The van der Waals surface area contributed by atoms with E-state index in [0.717, 1.165) is 34.6 Å². The summed E-state index contributed by atoms with van der Waals surface area (Å²) in [5.74, 6) is -1.24. The summed E-state index contributed by atoms with van der Waals surface area (Å²) >= 11 is 1.27. The number of carbonyl (C=O) groups is 3. The van der Waals surface area contributed by atoms with E-state index in [0.29, 0.717) is 23.8 Å². The minimum Gasteiger partial charge on any atom is -0.378 e. The van der Waals surface area contributed by atoms with Gasteiger partial charge in [0, 0.05) is 13.1 Å². The number of amides is 3. The van der Waals surface area contributed by atoms with Gasteiger partial charge in [0.15, 0.2) is 5.13 Å². The van der Waals surface area contributed by atoms with Gasteiger partial charge in [-0.2, -0.15) is 0 Å². The van der Waals surface area contributed by atoms with Crippen LogP contribution >= 0.6 is 11.3 Å². The van der Waals surface area contributed by atoms with Crippen LogP contribution < -0.4 is 21.1 Å². The van der Waals surface area contributed by atoms with E-state index in [9.17, 15) is 14.4 Å². The molecule has 1 aromatic heterocycles. The van der Waals surface area contributed by atoms with Crippen LogP contribution in [0.15, 0.2) is 42.5 Å².